The summed E-state index contributed by atoms with van der Waals surface area (Å²) in [6, 6.07) is 15.0. The number of rotatable bonds is 1. The Balaban J connectivity index is 0.00000100. The molecule has 0 bridgehead atoms. The maximum Gasteiger partial charge on any atom is 0.0255 e. The Kier molecular flexibility index (Phi) is 6.89. The third kappa shape index (κ3) is 4.87. The third-order valence-corrected chi connectivity index (χ3v) is 4.28. The number of aryl methyl sites for hydroxylation is 2. The van der Waals surface area contributed by atoms with Crippen molar-refractivity contribution in [3.05, 3.63) is 76.4 Å². The van der Waals surface area contributed by atoms with Crippen LogP contribution in [-0.2, 0) is 0 Å². The molecule has 0 aliphatic heterocycles. The first-order chi connectivity index (χ1) is 11.7. The SMILES string of the molecule is CC.Cc1ccc(C#Cc2ccc(C)c(C3=CCCCC3)c2)cc1. The minimum atomic E-state index is 1.07. The molecule has 0 heteroatoms. The molecule has 0 amide bonds. The fourth-order valence-corrected chi connectivity index (χ4v) is 2.91. The van der Waals surface area contributed by atoms with E-state index in [0.717, 1.165) is 11.1 Å². The molecule has 0 unspecified atom stereocenters. The van der Waals surface area contributed by atoms with Gasteiger partial charge in [-0.2, -0.15) is 0 Å². The summed E-state index contributed by atoms with van der Waals surface area (Å²) in [5.41, 5.74) is 7.69. The van der Waals surface area contributed by atoms with Gasteiger partial charge in [-0.25, -0.2) is 0 Å². The molecule has 2 aromatic rings. The van der Waals surface area contributed by atoms with Gasteiger partial charge in [0.05, 0.1) is 0 Å². The van der Waals surface area contributed by atoms with Gasteiger partial charge in [-0.05, 0) is 80.5 Å². The van der Waals surface area contributed by atoms with E-state index in [2.05, 4.69) is 74.2 Å². The average Bonchev–Trinajstić information content (AvgIpc) is 2.65. The van der Waals surface area contributed by atoms with E-state index in [4.69, 9.17) is 0 Å². The van der Waals surface area contributed by atoms with Crippen LogP contribution < -0.4 is 0 Å². The van der Waals surface area contributed by atoms with Crippen LogP contribution in [0, 0.1) is 25.7 Å². The Hall–Kier alpha value is -2.26. The Morgan fingerprint density at radius 2 is 1.46 bits per heavy atom. The highest BCUT2D eigenvalue weighted by molar-refractivity contribution is 5.70. The lowest BCUT2D eigenvalue weighted by Crippen LogP contribution is -1.95. The molecular weight excluding hydrogens is 288 g/mol. The molecule has 0 saturated heterocycles. The second-order valence-corrected chi connectivity index (χ2v) is 6.12. The van der Waals surface area contributed by atoms with Crippen LogP contribution in [0.2, 0.25) is 0 Å². The van der Waals surface area contributed by atoms with E-state index >= 15 is 0 Å². The van der Waals surface area contributed by atoms with Crippen molar-refractivity contribution in [1.29, 1.82) is 0 Å². The molecule has 3 rings (SSSR count). The fourth-order valence-electron chi connectivity index (χ4n) is 2.91. The topological polar surface area (TPSA) is 0 Å². The van der Waals surface area contributed by atoms with Crippen LogP contribution in [0.25, 0.3) is 5.57 Å². The van der Waals surface area contributed by atoms with Gasteiger partial charge in [-0.15, -0.1) is 0 Å². The molecule has 2 aromatic carbocycles. The lowest BCUT2D eigenvalue weighted by Gasteiger charge is -2.15. The van der Waals surface area contributed by atoms with E-state index in [1.54, 1.807) is 0 Å². The molecule has 0 radical (unpaired) electrons. The van der Waals surface area contributed by atoms with E-state index in [9.17, 15) is 0 Å². The zero-order chi connectivity index (χ0) is 17.4. The largest absolute Gasteiger partial charge is 0.0807 e. The minimum absolute atomic E-state index is 1.07. The van der Waals surface area contributed by atoms with Crippen molar-refractivity contribution in [3.8, 4) is 11.8 Å². The first-order valence-electron chi connectivity index (χ1n) is 9.11. The van der Waals surface area contributed by atoms with Crippen molar-refractivity contribution in [2.24, 2.45) is 0 Å². The molecule has 1 aliphatic carbocycles. The van der Waals surface area contributed by atoms with Gasteiger partial charge >= 0.3 is 0 Å². The number of hydrogen-bond donors (Lipinski definition) is 0. The van der Waals surface area contributed by atoms with Crippen LogP contribution in [-0.4, -0.2) is 0 Å². The molecule has 0 spiro atoms. The van der Waals surface area contributed by atoms with E-state index in [1.165, 1.54) is 47.9 Å². The first-order valence-corrected chi connectivity index (χ1v) is 9.11. The minimum Gasteiger partial charge on any atom is -0.0807 e. The predicted octanol–water partition coefficient (Wildman–Crippen LogP) is 6.69. The van der Waals surface area contributed by atoms with Gasteiger partial charge in [0, 0.05) is 11.1 Å². The summed E-state index contributed by atoms with van der Waals surface area (Å²) in [7, 11) is 0. The van der Waals surface area contributed by atoms with Crippen LogP contribution in [0.4, 0.5) is 0 Å². The summed E-state index contributed by atoms with van der Waals surface area (Å²) in [5, 5.41) is 0. The zero-order valence-corrected chi connectivity index (χ0v) is 15.4. The van der Waals surface area contributed by atoms with Gasteiger partial charge in [-0.1, -0.05) is 55.5 Å². The summed E-state index contributed by atoms with van der Waals surface area (Å²) < 4.78 is 0. The highest BCUT2D eigenvalue weighted by Gasteiger charge is 2.09. The van der Waals surface area contributed by atoms with Crippen molar-refractivity contribution in [2.45, 2.75) is 53.4 Å². The average molecular weight is 316 g/mol. The van der Waals surface area contributed by atoms with Crippen molar-refractivity contribution in [2.75, 3.05) is 0 Å². The lowest BCUT2D eigenvalue weighted by atomic mass is 9.90. The molecule has 0 nitrogen and oxygen atoms in total. The summed E-state index contributed by atoms with van der Waals surface area (Å²) in [6.07, 6.45) is 7.47. The van der Waals surface area contributed by atoms with Crippen molar-refractivity contribution in [1.82, 2.24) is 0 Å². The van der Waals surface area contributed by atoms with Crippen LogP contribution >= 0.6 is 0 Å². The molecule has 24 heavy (non-hydrogen) atoms. The van der Waals surface area contributed by atoms with E-state index in [0.29, 0.717) is 0 Å². The third-order valence-electron chi connectivity index (χ3n) is 4.28. The van der Waals surface area contributed by atoms with Crippen LogP contribution in [0.5, 0.6) is 0 Å². The molecule has 0 aromatic heterocycles. The molecule has 0 N–H and O–H groups in total. The second kappa shape index (κ2) is 9.14. The molecule has 0 atom stereocenters. The molecular formula is C24H28. The van der Waals surface area contributed by atoms with Crippen molar-refractivity contribution >= 4 is 5.57 Å². The Morgan fingerprint density at radius 3 is 2.12 bits per heavy atom. The Labute approximate surface area is 147 Å². The monoisotopic (exact) mass is 316 g/mol. The van der Waals surface area contributed by atoms with Gasteiger partial charge in [0.25, 0.3) is 0 Å². The van der Waals surface area contributed by atoms with Crippen molar-refractivity contribution < 1.29 is 0 Å². The summed E-state index contributed by atoms with van der Waals surface area (Å²) >= 11 is 0. The number of allylic oxidation sites excluding steroid dienone is 2. The van der Waals surface area contributed by atoms with Crippen LogP contribution in [0.15, 0.2) is 48.5 Å². The number of hydrogen-bond acceptors (Lipinski definition) is 0. The van der Waals surface area contributed by atoms with E-state index in [-0.39, 0.29) is 0 Å². The highest BCUT2D eigenvalue weighted by atomic mass is 14.1. The highest BCUT2D eigenvalue weighted by Crippen LogP contribution is 2.29. The van der Waals surface area contributed by atoms with E-state index < -0.39 is 0 Å². The molecule has 124 valence electrons. The van der Waals surface area contributed by atoms with Gasteiger partial charge in [0.15, 0.2) is 0 Å². The summed E-state index contributed by atoms with van der Waals surface area (Å²) in [6.45, 7) is 8.29. The summed E-state index contributed by atoms with van der Waals surface area (Å²) in [4.78, 5) is 0. The predicted molar refractivity (Wildman–Crippen MR) is 106 cm³/mol. The first kappa shape index (κ1) is 18.1. The normalized spacial score (nSPS) is 13.1. The number of benzene rings is 2. The standard InChI is InChI=1S/C22H22.C2H6/c1-17-8-11-19(12-9-17)14-15-20-13-10-18(2)22(16-20)21-6-4-3-5-7-21;1-2/h6,8-13,16H,3-5,7H2,1-2H3;1-2H3. The van der Waals surface area contributed by atoms with Gasteiger partial charge < -0.3 is 0 Å². The fraction of sp³-hybridized carbons (Fsp3) is 0.333. The van der Waals surface area contributed by atoms with Gasteiger partial charge in [0.1, 0.15) is 0 Å². The Bertz CT molecular complexity index is 749. The molecule has 1 aliphatic rings. The van der Waals surface area contributed by atoms with Gasteiger partial charge in [-0.3, -0.25) is 0 Å². The zero-order valence-electron chi connectivity index (χ0n) is 15.4. The molecule has 0 saturated carbocycles. The van der Waals surface area contributed by atoms with E-state index in [1.807, 2.05) is 13.8 Å². The Morgan fingerprint density at radius 1 is 0.792 bits per heavy atom. The molecule has 0 heterocycles. The lowest BCUT2D eigenvalue weighted by molar-refractivity contribution is 0.741. The maximum absolute atomic E-state index is 3.31. The van der Waals surface area contributed by atoms with Crippen molar-refractivity contribution in [3.63, 3.8) is 0 Å². The van der Waals surface area contributed by atoms with Crippen LogP contribution in [0.1, 0.15) is 67.3 Å². The quantitative estimate of drug-likeness (QED) is 0.514. The smallest absolute Gasteiger partial charge is 0.0255 e. The molecule has 0 fully saturated rings. The van der Waals surface area contributed by atoms with Crippen LogP contribution in [0.3, 0.4) is 0 Å². The van der Waals surface area contributed by atoms with Gasteiger partial charge in [0.2, 0.25) is 0 Å². The summed E-state index contributed by atoms with van der Waals surface area (Å²) in [5.74, 6) is 6.58. The maximum atomic E-state index is 3.31. The second-order valence-electron chi connectivity index (χ2n) is 6.12.